The molecule has 1 heterocycles. The first-order chi connectivity index (χ1) is 12.8. The second-order valence-electron chi connectivity index (χ2n) is 6.00. The highest BCUT2D eigenvalue weighted by Crippen LogP contribution is 2.25. The van der Waals surface area contributed by atoms with Crippen molar-refractivity contribution in [2.45, 2.75) is 13.8 Å². The lowest BCUT2D eigenvalue weighted by atomic mass is 10.1. The molecular formula is C20H16ClIN2O2S. The van der Waals surface area contributed by atoms with E-state index in [2.05, 4.69) is 39.3 Å². The molecule has 4 nitrogen and oxygen atoms in total. The Morgan fingerprint density at radius 2 is 1.89 bits per heavy atom. The van der Waals surface area contributed by atoms with E-state index in [1.807, 2.05) is 32.0 Å². The quantitative estimate of drug-likeness (QED) is 0.338. The highest BCUT2D eigenvalue weighted by atomic mass is 127. The number of thiocarbonyl (C=S) groups is 1. The molecule has 0 aliphatic carbocycles. The number of hydrogen-bond donors (Lipinski definition) is 2. The predicted molar refractivity (Wildman–Crippen MR) is 121 cm³/mol. The van der Waals surface area contributed by atoms with Crippen molar-refractivity contribution in [2.75, 3.05) is 5.32 Å². The van der Waals surface area contributed by atoms with Crippen LogP contribution in [-0.2, 0) is 0 Å². The van der Waals surface area contributed by atoms with Crippen LogP contribution < -0.4 is 10.6 Å². The van der Waals surface area contributed by atoms with Crippen LogP contribution in [-0.4, -0.2) is 11.0 Å². The van der Waals surface area contributed by atoms with Crippen molar-refractivity contribution < 1.29 is 9.21 Å². The highest BCUT2D eigenvalue weighted by molar-refractivity contribution is 14.1. The average Bonchev–Trinajstić information content (AvgIpc) is 3.10. The highest BCUT2D eigenvalue weighted by Gasteiger charge is 2.14. The minimum absolute atomic E-state index is 0.171. The number of rotatable bonds is 3. The predicted octanol–water partition coefficient (Wildman–Crippen LogP) is 5.95. The van der Waals surface area contributed by atoms with Crippen molar-refractivity contribution in [1.29, 1.82) is 0 Å². The Morgan fingerprint density at radius 3 is 2.63 bits per heavy atom. The fraction of sp³-hybridized carbons (Fsp3) is 0.100. The fourth-order valence-corrected chi connectivity index (χ4v) is 3.51. The third-order valence-electron chi connectivity index (χ3n) is 3.92. The maximum atomic E-state index is 12.4. The summed E-state index contributed by atoms with van der Waals surface area (Å²) in [4.78, 5) is 12.4. The number of furan rings is 1. The van der Waals surface area contributed by atoms with E-state index in [1.54, 1.807) is 24.3 Å². The van der Waals surface area contributed by atoms with Crippen molar-refractivity contribution >= 4 is 63.1 Å². The van der Waals surface area contributed by atoms with Gasteiger partial charge in [-0.15, -0.1) is 0 Å². The smallest absolute Gasteiger partial charge is 0.293 e. The normalized spacial score (nSPS) is 10.5. The molecule has 0 aliphatic heterocycles. The number of halogens is 2. The van der Waals surface area contributed by atoms with Crippen LogP contribution in [0.4, 0.5) is 5.69 Å². The molecule has 0 saturated heterocycles. The number of hydrogen-bond acceptors (Lipinski definition) is 3. The zero-order valence-corrected chi connectivity index (χ0v) is 18.3. The van der Waals surface area contributed by atoms with Gasteiger partial charge in [-0.1, -0.05) is 23.7 Å². The van der Waals surface area contributed by atoms with Gasteiger partial charge in [-0.05, 0) is 96.2 Å². The van der Waals surface area contributed by atoms with Gasteiger partial charge in [0.15, 0.2) is 10.9 Å². The van der Waals surface area contributed by atoms with Crippen LogP contribution in [0, 0.1) is 17.4 Å². The van der Waals surface area contributed by atoms with Gasteiger partial charge in [-0.25, -0.2) is 0 Å². The Hall–Kier alpha value is -1.90. The largest absolute Gasteiger partial charge is 0.451 e. The topological polar surface area (TPSA) is 54.3 Å². The van der Waals surface area contributed by atoms with E-state index in [4.69, 9.17) is 28.2 Å². The van der Waals surface area contributed by atoms with Gasteiger partial charge in [-0.2, -0.15) is 0 Å². The Bertz CT molecular complexity index is 1030. The molecule has 2 N–H and O–H groups in total. The SMILES string of the molecule is Cc1cc(NC(=S)NC(=O)c2ccc(-c3cccc(Cl)c3)o2)c(C)cc1I. The number of aryl methyl sites for hydroxylation is 2. The maximum Gasteiger partial charge on any atom is 0.293 e. The van der Waals surface area contributed by atoms with Gasteiger partial charge in [-0.3, -0.25) is 10.1 Å². The molecule has 0 fully saturated rings. The fourth-order valence-electron chi connectivity index (χ4n) is 2.49. The first-order valence-electron chi connectivity index (χ1n) is 8.08. The molecule has 0 unspecified atom stereocenters. The summed E-state index contributed by atoms with van der Waals surface area (Å²) in [7, 11) is 0. The van der Waals surface area contributed by atoms with E-state index in [0.29, 0.717) is 10.8 Å². The number of carbonyl (C=O) groups excluding carboxylic acids is 1. The zero-order chi connectivity index (χ0) is 19.6. The number of anilines is 1. The molecule has 0 spiro atoms. The second kappa shape index (κ2) is 8.41. The van der Waals surface area contributed by atoms with Gasteiger partial charge in [0.05, 0.1) is 0 Å². The number of amides is 1. The second-order valence-corrected chi connectivity index (χ2v) is 8.01. The summed E-state index contributed by atoms with van der Waals surface area (Å²) >= 11 is 13.5. The molecule has 1 aromatic heterocycles. The van der Waals surface area contributed by atoms with Crippen LogP contribution in [0.1, 0.15) is 21.7 Å². The monoisotopic (exact) mass is 510 g/mol. The van der Waals surface area contributed by atoms with Gasteiger partial charge < -0.3 is 9.73 Å². The summed E-state index contributed by atoms with van der Waals surface area (Å²) in [6.07, 6.45) is 0. The molecular weight excluding hydrogens is 495 g/mol. The van der Waals surface area contributed by atoms with Gasteiger partial charge >= 0.3 is 0 Å². The molecule has 7 heteroatoms. The molecule has 3 rings (SSSR count). The zero-order valence-electron chi connectivity index (χ0n) is 14.6. The van der Waals surface area contributed by atoms with Crippen molar-refractivity contribution in [3.05, 3.63) is 74.0 Å². The minimum atomic E-state index is -0.416. The first-order valence-corrected chi connectivity index (χ1v) is 9.95. The lowest BCUT2D eigenvalue weighted by Crippen LogP contribution is -2.34. The van der Waals surface area contributed by atoms with Crippen molar-refractivity contribution in [3.8, 4) is 11.3 Å². The van der Waals surface area contributed by atoms with Gasteiger partial charge in [0.2, 0.25) is 0 Å². The third kappa shape index (κ3) is 4.88. The van der Waals surface area contributed by atoms with Crippen molar-refractivity contribution in [1.82, 2.24) is 5.32 Å². The molecule has 0 bridgehead atoms. The van der Waals surface area contributed by atoms with Gasteiger partial charge in [0.1, 0.15) is 5.76 Å². The van der Waals surface area contributed by atoms with Gasteiger partial charge in [0.25, 0.3) is 5.91 Å². The minimum Gasteiger partial charge on any atom is -0.451 e. The Balaban J connectivity index is 1.69. The number of carbonyl (C=O) groups is 1. The Morgan fingerprint density at radius 1 is 1.11 bits per heavy atom. The molecule has 0 saturated carbocycles. The number of benzene rings is 2. The molecule has 0 radical (unpaired) electrons. The lowest BCUT2D eigenvalue weighted by molar-refractivity contribution is 0.0951. The van der Waals surface area contributed by atoms with Crippen molar-refractivity contribution in [3.63, 3.8) is 0 Å². The first kappa shape index (κ1) is 19.9. The summed E-state index contributed by atoms with van der Waals surface area (Å²) in [6, 6.07) is 14.6. The van der Waals surface area contributed by atoms with Crippen LogP contribution in [0.5, 0.6) is 0 Å². The van der Waals surface area contributed by atoms with Crippen LogP contribution in [0.15, 0.2) is 52.9 Å². The molecule has 0 atom stereocenters. The van der Waals surface area contributed by atoms with E-state index in [-0.39, 0.29) is 10.9 Å². The summed E-state index contributed by atoms with van der Waals surface area (Å²) in [5, 5.41) is 6.52. The van der Waals surface area contributed by atoms with Crippen LogP contribution in [0.2, 0.25) is 5.02 Å². The van der Waals surface area contributed by atoms with Crippen LogP contribution in [0.25, 0.3) is 11.3 Å². The average molecular weight is 511 g/mol. The maximum absolute atomic E-state index is 12.4. The standard InChI is InChI=1S/C20H16ClIN2O2S/c1-11-9-16(12(2)8-15(11)22)23-20(27)24-19(25)18-7-6-17(26-18)13-4-3-5-14(21)10-13/h3-10H,1-2H3,(H2,23,24,25,27). The van der Waals surface area contributed by atoms with E-state index in [0.717, 1.165) is 22.4 Å². The summed E-state index contributed by atoms with van der Waals surface area (Å²) in [5.41, 5.74) is 3.84. The Kier molecular flexibility index (Phi) is 6.18. The molecule has 0 aliphatic rings. The lowest BCUT2D eigenvalue weighted by Gasteiger charge is -2.13. The van der Waals surface area contributed by atoms with E-state index < -0.39 is 5.91 Å². The third-order valence-corrected chi connectivity index (χ3v) is 5.52. The summed E-state index contributed by atoms with van der Waals surface area (Å²) < 4.78 is 6.81. The molecule has 1 amide bonds. The molecule has 3 aromatic rings. The Labute approximate surface area is 181 Å². The summed E-state index contributed by atoms with van der Waals surface area (Å²) in [5.74, 6) is 0.316. The van der Waals surface area contributed by atoms with Crippen LogP contribution >= 0.6 is 46.4 Å². The van der Waals surface area contributed by atoms with Crippen LogP contribution in [0.3, 0.4) is 0 Å². The number of nitrogens with one attached hydrogen (secondary N) is 2. The van der Waals surface area contributed by atoms with E-state index >= 15 is 0 Å². The molecule has 138 valence electrons. The van der Waals surface area contributed by atoms with E-state index in [1.165, 1.54) is 3.57 Å². The summed E-state index contributed by atoms with van der Waals surface area (Å²) in [6.45, 7) is 4.01. The van der Waals surface area contributed by atoms with E-state index in [9.17, 15) is 4.79 Å². The molecule has 27 heavy (non-hydrogen) atoms. The van der Waals surface area contributed by atoms with Crippen molar-refractivity contribution in [2.24, 2.45) is 0 Å². The molecule has 2 aromatic carbocycles. The van der Waals surface area contributed by atoms with Gasteiger partial charge in [0, 0.05) is 19.8 Å².